The van der Waals surface area contributed by atoms with Gasteiger partial charge in [0.05, 0.1) is 4.47 Å². The summed E-state index contributed by atoms with van der Waals surface area (Å²) < 4.78 is 6.54. The van der Waals surface area contributed by atoms with E-state index >= 15 is 0 Å². The molecule has 0 aliphatic heterocycles. The molecule has 144 valence electrons. The van der Waals surface area contributed by atoms with Crippen molar-refractivity contribution in [3.63, 3.8) is 0 Å². The van der Waals surface area contributed by atoms with Crippen molar-refractivity contribution in [2.24, 2.45) is 0 Å². The van der Waals surface area contributed by atoms with Gasteiger partial charge in [-0.3, -0.25) is 4.79 Å². The number of carbonyl (C=O) groups is 1. The summed E-state index contributed by atoms with van der Waals surface area (Å²) in [6.07, 6.45) is 1.53. The minimum atomic E-state index is -0.460. The van der Waals surface area contributed by atoms with Gasteiger partial charge < -0.3 is 10.1 Å². The molecule has 1 amide bonds. The number of amides is 1. The fourth-order valence-electron chi connectivity index (χ4n) is 2.50. The zero-order chi connectivity index (χ0) is 20.6. The van der Waals surface area contributed by atoms with Crippen LogP contribution in [0.5, 0.6) is 5.75 Å². The number of ether oxygens (including phenoxy) is 1. The Morgan fingerprint density at radius 1 is 1.10 bits per heavy atom. The van der Waals surface area contributed by atoms with Gasteiger partial charge in [0, 0.05) is 10.7 Å². The number of benzene rings is 3. The molecule has 29 heavy (non-hydrogen) atoms. The Morgan fingerprint density at radius 2 is 1.83 bits per heavy atom. The maximum atomic E-state index is 12.3. The van der Waals surface area contributed by atoms with Crippen molar-refractivity contribution in [3.05, 3.63) is 99.0 Å². The lowest BCUT2D eigenvalue weighted by Gasteiger charge is -2.09. The minimum absolute atomic E-state index is 0.00980. The van der Waals surface area contributed by atoms with Crippen LogP contribution in [0.2, 0.25) is 5.02 Å². The molecular weight excluding hydrogens is 452 g/mol. The van der Waals surface area contributed by atoms with Crippen molar-refractivity contribution in [2.45, 2.75) is 6.61 Å². The van der Waals surface area contributed by atoms with Gasteiger partial charge in [0.1, 0.15) is 24.0 Å². The van der Waals surface area contributed by atoms with Gasteiger partial charge in [-0.1, -0.05) is 48.0 Å². The number of hydrogen-bond donors (Lipinski definition) is 1. The standard InChI is InChI=1S/C23H16BrClN2O2/c24-21-13-17(8-11-22(21)29-15-16-6-9-19(25)10-7-16)12-18(14-26)23(28)27-20-4-2-1-3-5-20/h1-13H,15H2,(H,27,28)/b18-12-. The van der Waals surface area contributed by atoms with E-state index in [2.05, 4.69) is 21.2 Å². The van der Waals surface area contributed by atoms with Crippen LogP contribution in [0.4, 0.5) is 5.69 Å². The molecule has 1 N–H and O–H groups in total. The second-order valence-electron chi connectivity index (χ2n) is 6.09. The largest absolute Gasteiger partial charge is 0.488 e. The Kier molecular flexibility index (Phi) is 7.07. The van der Waals surface area contributed by atoms with Gasteiger partial charge in [-0.15, -0.1) is 0 Å². The van der Waals surface area contributed by atoms with E-state index in [1.54, 1.807) is 30.3 Å². The van der Waals surface area contributed by atoms with E-state index in [0.717, 1.165) is 10.0 Å². The van der Waals surface area contributed by atoms with Crippen molar-refractivity contribution in [1.29, 1.82) is 5.26 Å². The van der Waals surface area contributed by atoms with Crippen LogP contribution < -0.4 is 10.1 Å². The molecule has 4 nitrogen and oxygen atoms in total. The number of rotatable bonds is 6. The van der Waals surface area contributed by atoms with Crippen molar-refractivity contribution >= 4 is 45.2 Å². The molecule has 0 unspecified atom stereocenters. The lowest BCUT2D eigenvalue weighted by molar-refractivity contribution is -0.112. The molecule has 0 aromatic heterocycles. The average molecular weight is 468 g/mol. The number of hydrogen-bond acceptors (Lipinski definition) is 3. The number of para-hydroxylation sites is 1. The number of halogens is 2. The van der Waals surface area contributed by atoms with Crippen molar-refractivity contribution in [1.82, 2.24) is 0 Å². The van der Waals surface area contributed by atoms with E-state index in [1.807, 2.05) is 48.5 Å². The number of carbonyl (C=O) groups excluding carboxylic acids is 1. The van der Waals surface area contributed by atoms with Crippen LogP contribution in [-0.2, 0) is 11.4 Å². The highest BCUT2D eigenvalue weighted by atomic mass is 79.9. The smallest absolute Gasteiger partial charge is 0.266 e. The van der Waals surface area contributed by atoms with Crippen LogP contribution in [0.25, 0.3) is 6.08 Å². The molecule has 6 heteroatoms. The summed E-state index contributed by atoms with van der Waals surface area (Å²) in [5, 5.41) is 12.7. The normalized spacial score (nSPS) is 10.9. The van der Waals surface area contributed by atoms with Crippen LogP contribution in [0.3, 0.4) is 0 Å². The summed E-state index contributed by atoms with van der Waals surface area (Å²) in [6, 6.07) is 23.7. The summed E-state index contributed by atoms with van der Waals surface area (Å²) in [6.45, 7) is 0.397. The van der Waals surface area contributed by atoms with E-state index < -0.39 is 5.91 Å². The van der Waals surface area contributed by atoms with Gasteiger partial charge in [-0.05, 0) is 69.5 Å². The maximum Gasteiger partial charge on any atom is 0.266 e. The van der Waals surface area contributed by atoms with Gasteiger partial charge in [0.2, 0.25) is 0 Å². The number of anilines is 1. The van der Waals surface area contributed by atoms with Crippen LogP contribution in [0, 0.1) is 11.3 Å². The van der Waals surface area contributed by atoms with Gasteiger partial charge in [0.15, 0.2) is 0 Å². The molecule has 0 aliphatic carbocycles. The van der Waals surface area contributed by atoms with Crippen LogP contribution in [0.15, 0.2) is 82.8 Å². The SMILES string of the molecule is N#C/C(=C/c1ccc(OCc2ccc(Cl)cc2)c(Br)c1)C(=O)Nc1ccccc1. The van der Waals surface area contributed by atoms with Gasteiger partial charge >= 0.3 is 0 Å². The van der Waals surface area contributed by atoms with Crippen molar-refractivity contribution in [3.8, 4) is 11.8 Å². The third-order valence-corrected chi connectivity index (χ3v) is 4.84. The Bertz CT molecular complexity index is 1070. The zero-order valence-electron chi connectivity index (χ0n) is 15.2. The maximum absolute atomic E-state index is 12.3. The van der Waals surface area contributed by atoms with E-state index in [1.165, 1.54) is 6.08 Å². The van der Waals surface area contributed by atoms with Crippen LogP contribution in [0.1, 0.15) is 11.1 Å². The molecule has 0 atom stereocenters. The zero-order valence-corrected chi connectivity index (χ0v) is 17.6. The van der Waals surface area contributed by atoms with Crippen molar-refractivity contribution in [2.75, 3.05) is 5.32 Å². The fourth-order valence-corrected chi connectivity index (χ4v) is 3.14. The highest BCUT2D eigenvalue weighted by Crippen LogP contribution is 2.28. The molecule has 0 saturated carbocycles. The van der Waals surface area contributed by atoms with Crippen molar-refractivity contribution < 1.29 is 9.53 Å². The third kappa shape index (κ3) is 5.95. The Labute approximate surface area is 182 Å². The highest BCUT2D eigenvalue weighted by Gasteiger charge is 2.10. The molecule has 0 heterocycles. The molecule has 3 aromatic carbocycles. The predicted molar refractivity (Wildman–Crippen MR) is 119 cm³/mol. The molecule has 0 fully saturated rings. The topological polar surface area (TPSA) is 62.1 Å². The Balaban J connectivity index is 1.70. The molecule has 3 rings (SSSR count). The van der Waals surface area contributed by atoms with Gasteiger partial charge in [0.25, 0.3) is 5.91 Å². The monoisotopic (exact) mass is 466 g/mol. The van der Waals surface area contributed by atoms with E-state index in [0.29, 0.717) is 28.6 Å². The minimum Gasteiger partial charge on any atom is -0.488 e. The molecular formula is C23H16BrClN2O2. The first-order valence-corrected chi connectivity index (χ1v) is 9.87. The summed E-state index contributed by atoms with van der Waals surface area (Å²) >= 11 is 9.36. The number of nitrogens with one attached hydrogen (secondary N) is 1. The van der Waals surface area contributed by atoms with E-state index in [9.17, 15) is 10.1 Å². The predicted octanol–water partition coefficient (Wildman–Crippen LogP) is 6.23. The van der Waals surface area contributed by atoms with E-state index in [4.69, 9.17) is 16.3 Å². The van der Waals surface area contributed by atoms with Crippen LogP contribution in [-0.4, -0.2) is 5.91 Å². The Hall–Kier alpha value is -3.07. The highest BCUT2D eigenvalue weighted by molar-refractivity contribution is 9.10. The average Bonchev–Trinajstić information content (AvgIpc) is 2.73. The summed E-state index contributed by atoms with van der Waals surface area (Å²) in [4.78, 5) is 12.3. The molecule has 0 radical (unpaired) electrons. The molecule has 0 spiro atoms. The lowest BCUT2D eigenvalue weighted by atomic mass is 10.1. The van der Waals surface area contributed by atoms with Gasteiger partial charge in [-0.25, -0.2) is 0 Å². The third-order valence-electron chi connectivity index (χ3n) is 3.97. The first kappa shape index (κ1) is 20.7. The summed E-state index contributed by atoms with van der Waals surface area (Å²) in [5.74, 6) is 0.197. The lowest BCUT2D eigenvalue weighted by Crippen LogP contribution is -2.13. The first-order valence-electron chi connectivity index (χ1n) is 8.70. The number of nitriles is 1. The van der Waals surface area contributed by atoms with Gasteiger partial charge in [-0.2, -0.15) is 5.26 Å². The summed E-state index contributed by atoms with van der Waals surface area (Å²) in [5.41, 5.74) is 2.34. The molecule has 3 aromatic rings. The fraction of sp³-hybridized carbons (Fsp3) is 0.0435. The van der Waals surface area contributed by atoms with E-state index in [-0.39, 0.29) is 5.57 Å². The molecule has 0 aliphatic rings. The van der Waals surface area contributed by atoms with Crippen LogP contribution >= 0.6 is 27.5 Å². The first-order chi connectivity index (χ1) is 14.0. The molecule has 0 saturated heterocycles. The summed E-state index contributed by atoms with van der Waals surface area (Å²) in [7, 11) is 0. The quantitative estimate of drug-likeness (QED) is 0.345. The second kappa shape index (κ2) is 9.92. The molecule has 0 bridgehead atoms. The number of nitrogens with zero attached hydrogens (tertiary/aromatic N) is 1. The Morgan fingerprint density at radius 3 is 2.48 bits per heavy atom. The second-order valence-corrected chi connectivity index (χ2v) is 7.39.